The van der Waals surface area contributed by atoms with Crippen LogP contribution in [-0.4, -0.2) is 38.9 Å². The van der Waals surface area contributed by atoms with Crippen LogP contribution in [0.5, 0.6) is 0 Å². The largest absolute Gasteiger partial charge is 0.382 e. The lowest BCUT2D eigenvalue weighted by Gasteiger charge is -2.26. The third-order valence-corrected chi connectivity index (χ3v) is 4.60. The van der Waals surface area contributed by atoms with Crippen molar-refractivity contribution in [3.63, 3.8) is 0 Å². The van der Waals surface area contributed by atoms with Crippen molar-refractivity contribution < 1.29 is 5.11 Å². The Morgan fingerprint density at radius 2 is 2.22 bits per heavy atom. The monoisotopic (exact) mass is 313 g/mol. The van der Waals surface area contributed by atoms with Crippen molar-refractivity contribution in [2.45, 2.75) is 50.8 Å². The Labute approximate surface area is 116 Å². The quantitative estimate of drug-likeness (QED) is 0.931. The van der Waals surface area contributed by atoms with Gasteiger partial charge in [-0.15, -0.1) is 0 Å². The lowest BCUT2D eigenvalue weighted by Crippen LogP contribution is -2.34. The Hall–Kier alpha value is -0.390. The van der Waals surface area contributed by atoms with Crippen molar-refractivity contribution >= 4 is 15.9 Å². The number of hydrogen-bond donors (Lipinski definition) is 1. The molecule has 1 saturated carbocycles. The van der Waals surface area contributed by atoms with E-state index < -0.39 is 5.60 Å². The van der Waals surface area contributed by atoms with Gasteiger partial charge in [-0.3, -0.25) is 9.58 Å². The molecule has 5 heteroatoms. The molecule has 0 amide bonds. The number of nitrogens with zero attached hydrogens (tertiary/aromatic N) is 3. The predicted octanol–water partition coefficient (Wildman–Crippen LogP) is 2.28. The Kier molecular flexibility index (Phi) is 3.03. The van der Waals surface area contributed by atoms with Crippen LogP contribution in [0.15, 0.2) is 10.7 Å². The van der Waals surface area contributed by atoms with Gasteiger partial charge in [0.2, 0.25) is 0 Å². The Bertz CT molecular complexity index is 455. The first kappa shape index (κ1) is 12.6. The van der Waals surface area contributed by atoms with E-state index in [1.54, 1.807) is 6.20 Å². The van der Waals surface area contributed by atoms with Crippen LogP contribution in [0.1, 0.15) is 44.8 Å². The van der Waals surface area contributed by atoms with Gasteiger partial charge in [0.15, 0.2) is 0 Å². The molecule has 1 aromatic rings. The van der Waals surface area contributed by atoms with Gasteiger partial charge in [0.1, 0.15) is 5.60 Å². The first-order chi connectivity index (χ1) is 8.51. The molecule has 1 aliphatic heterocycles. The van der Waals surface area contributed by atoms with E-state index in [0.29, 0.717) is 6.04 Å². The van der Waals surface area contributed by atoms with Crippen LogP contribution in [0.25, 0.3) is 0 Å². The molecule has 0 spiro atoms. The topological polar surface area (TPSA) is 41.3 Å². The summed E-state index contributed by atoms with van der Waals surface area (Å²) in [4.78, 5) is 2.42. The molecular weight excluding hydrogens is 294 g/mol. The molecule has 3 rings (SSSR count). The molecule has 0 radical (unpaired) electrons. The molecular formula is C13H20BrN3O. The van der Waals surface area contributed by atoms with Crippen molar-refractivity contribution in [1.29, 1.82) is 0 Å². The molecule has 4 nitrogen and oxygen atoms in total. The second kappa shape index (κ2) is 4.32. The minimum absolute atomic E-state index is 0.269. The second-order valence-electron chi connectivity index (χ2n) is 5.86. The summed E-state index contributed by atoms with van der Waals surface area (Å²) >= 11 is 3.54. The predicted molar refractivity (Wildman–Crippen MR) is 73.4 cm³/mol. The van der Waals surface area contributed by atoms with Crippen LogP contribution >= 0.6 is 15.9 Å². The van der Waals surface area contributed by atoms with Gasteiger partial charge in [0.05, 0.1) is 16.4 Å². The molecule has 1 atom stereocenters. The third kappa shape index (κ3) is 2.02. The van der Waals surface area contributed by atoms with Crippen molar-refractivity contribution in [2.24, 2.45) is 0 Å². The first-order valence-electron chi connectivity index (χ1n) is 6.71. The fraction of sp³-hybridized carbons (Fsp3) is 0.769. The minimum atomic E-state index is -0.748. The first-order valence-corrected chi connectivity index (χ1v) is 7.50. The van der Waals surface area contributed by atoms with E-state index in [4.69, 9.17) is 0 Å². The van der Waals surface area contributed by atoms with Crippen LogP contribution in [0.2, 0.25) is 0 Å². The Balaban J connectivity index is 1.91. The van der Waals surface area contributed by atoms with Crippen LogP contribution in [0.3, 0.4) is 0 Å². The van der Waals surface area contributed by atoms with Gasteiger partial charge in [-0.1, -0.05) is 0 Å². The lowest BCUT2D eigenvalue weighted by atomic mass is 9.98. The average Bonchev–Trinajstić information content (AvgIpc) is 2.96. The van der Waals surface area contributed by atoms with Crippen LogP contribution < -0.4 is 0 Å². The summed E-state index contributed by atoms with van der Waals surface area (Å²) < 4.78 is 2.87. The number of hydrogen-bond acceptors (Lipinski definition) is 3. The van der Waals surface area contributed by atoms with E-state index in [2.05, 4.69) is 39.8 Å². The maximum Gasteiger partial charge on any atom is 0.121 e. The fourth-order valence-corrected chi connectivity index (χ4v) is 3.58. The maximum atomic E-state index is 11.0. The maximum absolute atomic E-state index is 11.0. The molecule has 2 fully saturated rings. The average molecular weight is 314 g/mol. The zero-order chi connectivity index (χ0) is 12.9. The van der Waals surface area contributed by atoms with Gasteiger partial charge >= 0.3 is 0 Å². The SMILES string of the molecule is CC(C)n1ncc(Br)c1C1(O)CCN(C2CC2)C1. The van der Waals surface area contributed by atoms with Crippen molar-refractivity contribution in [3.05, 3.63) is 16.4 Å². The van der Waals surface area contributed by atoms with Gasteiger partial charge < -0.3 is 5.11 Å². The molecule has 0 bridgehead atoms. The zero-order valence-electron chi connectivity index (χ0n) is 10.9. The summed E-state index contributed by atoms with van der Waals surface area (Å²) in [7, 11) is 0. The number of aliphatic hydroxyl groups is 1. The molecule has 18 heavy (non-hydrogen) atoms. The highest BCUT2D eigenvalue weighted by molar-refractivity contribution is 9.10. The fourth-order valence-electron chi connectivity index (χ4n) is 2.94. The number of β-amino-alcohol motifs (C(OH)–C–C–N with tert-alkyl or cyclic N) is 1. The molecule has 2 aliphatic rings. The smallest absolute Gasteiger partial charge is 0.121 e. The molecule has 1 saturated heterocycles. The number of aromatic nitrogens is 2. The van der Waals surface area contributed by atoms with Gasteiger partial charge in [-0.05, 0) is 49.0 Å². The molecule has 100 valence electrons. The molecule has 1 aliphatic carbocycles. The normalized spacial score (nSPS) is 29.4. The van der Waals surface area contributed by atoms with Gasteiger partial charge in [-0.2, -0.15) is 5.10 Å². The van der Waals surface area contributed by atoms with E-state index in [1.807, 2.05) is 4.68 Å². The van der Waals surface area contributed by atoms with Crippen LogP contribution in [0, 0.1) is 0 Å². The number of likely N-dealkylation sites (tertiary alicyclic amines) is 1. The van der Waals surface area contributed by atoms with Crippen molar-refractivity contribution in [2.75, 3.05) is 13.1 Å². The highest BCUT2D eigenvalue weighted by Gasteiger charge is 2.45. The number of halogens is 1. The minimum Gasteiger partial charge on any atom is -0.382 e. The molecule has 1 N–H and O–H groups in total. The van der Waals surface area contributed by atoms with E-state index in [9.17, 15) is 5.11 Å². The van der Waals surface area contributed by atoms with E-state index in [-0.39, 0.29) is 6.04 Å². The molecule has 0 aromatic carbocycles. The van der Waals surface area contributed by atoms with E-state index >= 15 is 0 Å². The van der Waals surface area contributed by atoms with E-state index in [0.717, 1.165) is 29.7 Å². The summed E-state index contributed by atoms with van der Waals surface area (Å²) in [5, 5.41) is 15.4. The van der Waals surface area contributed by atoms with Crippen LogP contribution in [0.4, 0.5) is 0 Å². The molecule has 1 unspecified atom stereocenters. The van der Waals surface area contributed by atoms with Crippen molar-refractivity contribution in [3.8, 4) is 0 Å². The highest BCUT2D eigenvalue weighted by Crippen LogP contribution is 2.41. The lowest BCUT2D eigenvalue weighted by molar-refractivity contribution is 0.0342. The van der Waals surface area contributed by atoms with Gasteiger partial charge in [0, 0.05) is 25.2 Å². The Morgan fingerprint density at radius 3 is 2.83 bits per heavy atom. The van der Waals surface area contributed by atoms with Gasteiger partial charge in [0.25, 0.3) is 0 Å². The molecule has 2 heterocycles. The summed E-state index contributed by atoms with van der Waals surface area (Å²) in [6.45, 7) is 5.94. The summed E-state index contributed by atoms with van der Waals surface area (Å²) in [5.41, 5.74) is 0.197. The third-order valence-electron chi connectivity index (χ3n) is 4.02. The summed E-state index contributed by atoms with van der Waals surface area (Å²) in [5.74, 6) is 0. The molecule has 1 aromatic heterocycles. The summed E-state index contributed by atoms with van der Waals surface area (Å²) in [6.07, 6.45) is 5.19. The Morgan fingerprint density at radius 1 is 1.50 bits per heavy atom. The van der Waals surface area contributed by atoms with Crippen molar-refractivity contribution in [1.82, 2.24) is 14.7 Å². The second-order valence-corrected chi connectivity index (χ2v) is 6.72. The van der Waals surface area contributed by atoms with Crippen LogP contribution in [-0.2, 0) is 5.60 Å². The number of rotatable bonds is 3. The highest BCUT2D eigenvalue weighted by atomic mass is 79.9. The van der Waals surface area contributed by atoms with E-state index in [1.165, 1.54) is 12.8 Å². The summed E-state index contributed by atoms with van der Waals surface area (Å²) in [6, 6.07) is 0.985. The standard InChI is InChI=1S/C13H20BrN3O/c1-9(2)17-12(11(14)7-15-17)13(18)5-6-16(8-13)10-3-4-10/h7,9-10,18H,3-6,8H2,1-2H3. The zero-order valence-corrected chi connectivity index (χ0v) is 12.5. The van der Waals surface area contributed by atoms with Gasteiger partial charge in [-0.25, -0.2) is 0 Å².